The standard InChI is InChI=1S/C16H19F3N4OS/c1-23(14(24)7-15(20)4-5-25-9-15)8-13-21-11-3-2-10(16(17,18)19)6-12(11)22-13/h2-3,6H,4-5,7-9,20H2,1H3,(H,21,22). The number of benzene rings is 1. The number of nitrogens with two attached hydrogens (primary N) is 1. The zero-order valence-corrected chi connectivity index (χ0v) is 14.5. The van der Waals surface area contributed by atoms with Crippen molar-refractivity contribution in [1.29, 1.82) is 0 Å². The third-order valence-corrected chi connectivity index (χ3v) is 5.58. The topological polar surface area (TPSA) is 75.0 Å². The number of aromatic amines is 1. The highest BCUT2D eigenvalue weighted by atomic mass is 32.2. The number of carbonyl (C=O) groups is 1. The predicted octanol–water partition coefficient (Wildman–Crippen LogP) is 2.76. The molecule has 2 heterocycles. The van der Waals surface area contributed by atoms with Crippen LogP contribution >= 0.6 is 11.8 Å². The molecule has 0 bridgehead atoms. The normalized spacial score (nSPS) is 21.0. The molecule has 1 unspecified atom stereocenters. The summed E-state index contributed by atoms with van der Waals surface area (Å²) in [7, 11) is 1.64. The molecule has 136 valence electrons. The Bertz CT molecular complexity index is 783. The third-order valence-electron chi connectivity index (χ3n) is 4.31. The van der Waals surface area contributed by atoms with Crippen LogP contribution in [0.4, 0.5) is 13.2 Å². The zero-order chi connectivity index (χ0) is 18.2. The van der Waals surface area contributed by atoms with Crippen molar-refractivity contribution in [3.05, 3.63) is 29.6 Å². The van der Waals surface area contributed by atoms with E-state index < -0.39 is 17.3 Å². The first-order valence-corrected chi connectivity index (χ1v) is 8.98. The number of H-pyrrole nitrogens is 1. The van der Waals surface area contributed by atoms with Gasteiger partial charge >= 0.3 is 6.18 Å². The molecule has 9 heteroatoms. The van der Waals surface area contributed by atoms with E-state index in [-0.39, 0.29) is 18.9 Å². The minimum absolute atomic E-state index is 0.0959. The molecule has 1 saturated heterocycles. The van der Waals surface area contributed by atoms with Crippen molar-refractivity contribution in [3.63, 3.8) is 0 Å². The maximum Gasteiger partial charge on any atom is 0.416 e. The smallest absolute Gasteiger partial charge is 0.340 e. The fourth-order valence-electron chi connectivity index (χ4n) is 2.83. The van der Waals surface area contributed by atoms with Crippen LogP contribution in [0.2, 0.25) is 0 Å². The lowest BCUT2D eigenvalue weighted by Crippen LogP contribution is -2.45. The van der Waals surface area contributed by atoms with Crippen molar-refractivity contribution in [3.8, 4) is 0 Å². The number of aromatic nitrogens is 2. The van der Waals surface area contributed by atoms with Gasteiger partial charge in [0.05, 0.1) is 23.1 Å². The molecule has 0 spiro atoms. The van der Waals surface area contributed by atoms with Gasteiger partial charge in [0.25, 0.3) is 0 Å². The quantitative estimate of drug-likeness (QED) is 0.865. The third kappa shape index (κ3) is 4.09. The molecule has 1 atom stereocenters. The Morgan fingerprint density at radius 2 is 2.24 bits per heavy atom. The SMILES string of the molecule is CN(Cc1nc2ccc(C(F)(F)F)cc2[nH]1)C(=O)CC1(N)CCSC1. The molecule has 0 radical (unpaired) electrons. The van der Waals surface area contributed by atoms with Gasteiger partial charge in [0, 0.05) is 24.8 Å². The number of hydrogen-bond acceptors (Lipinski definition) is 4. The highest BCUT2D eigenvalue weighted by Gasteiger charge is 2.33. The Kier molecular flexibility index (Phi) is 4.72. The molecule has 2 aromatic rings. The van der Waals surface area contributed by atoms with E-state index in [1.165, 1.54) is 11.0 Å². The van der Waals surface area contributed by atoms with Gasteiger partial charge in [-0.15, -0.1) is 0 Å². The maximum atomic E-state index is 12.8. The van der Waals surface area contributed by atoms with Gasteiger partial charge in [0.2, 0.25) is 5.91 Å². The minimum Gasteiger partial charge on any atom is -0.340 e. The second-order valence-electron chi connectivity index (χ2n) is 6.50. The lowest BCUT2D eigenvalue weighted by atomic mass is 9.95. The van der Waals surface area contributed by atoms with Gasteiger partial charge in [-0.2, -0.15) is 24.9 Å². The molecule has 1 amide bonds. The van der Waals surface area contributed by atoms with E-state index in [9.17, 15) is 18.0 Å². The summed E-state index contributed by atoms with van der Waals surface area (Å²) in [5.74, 6) is 2.06. The first kappa shape index (κ1) is 18.1. The number of alkyl halides is 3. The molecule has 1 aromatic carbocycles. The number of imidazole rings is 1. The largest absolute Gasteiger partial charge is 0.416 e. The molecule has 3 rings (SSSR count). The van der Waals surface area contributed by atoms with Gasteiger partial charge in [-0.05, 0) is 30.4 Å². The molecule has 1 aliphatic rings. The van der Waals surface area contributed by atoms with Crippen LogP contribution in [-0.4, -0.2) is 44.9 Å². The van der Waals surface area contributed by atoms with Gasteiger partial charge in [-0.3, -0.25) is 4.79 Å². The monoisotopic (exact) mass is 372 g/mol. The minimum atomic E-state index is -4.40. The summed E-state index contributed by atoms with van der Waals surface area (Å²) < 4.78 is 38.3. The fourth-order valence-corrected chi connectivity index (χ4v) is 4.17. The van der Waals surface area contributed by atoms with Gasteiger partial charge in [-0.1, -0.05) is 0 Å². The summed E-state index contributed by atoms with van der Waals surface area (Å²) in [6.07, 6.45) is -3.34. The van der Waals surface area contributed by atoms with Crippen molar-refractivity contribution >= 4 is 28.7 Å². The number of carbonyl (C=O) groups excluding carboxylic acids is 1. The predicted molar refractivity (Wildman–Crippen MR) is 91.0 cm³/mol. The Hall–Kier alpha value is -1.74. The number of rotatable bonds is 4. The average Bonchev–Trinajstić information content (AvgIpc) is 3.11. The van der Waals surface area contributed by atoms with Crippen LogP contribution in [0.15, 0.2) is 18.2 Å². The molecule has 3 N–H and O–H groups in total. The van der Waals surface area contributed by atoms with Crippen molar-refractivity contribution in [2.24, 2.45) is 5.73 Å². The molecule has 1 aromatic heterocycles. The average molecular weight is 372 g/mol. The Morgan fingerprint density at radius 1 is 1.48 bits per heavy atom. The summed E-state index contributed by atoms with van der Waals surface area (Å²) in [4.78, 5) is 21.0. The number of amides is 1. The fraction of sp³-hybridized carbons (Fsp3) is 0.500. The number of nitrogens with one attached hydrogen (secondary N) is 1. The van der Waals surface area contributed by atoms with E-state index >= 15 is 0 Å². The van der Waals surface area contributed by atoms with Crippen LogP contribution in [0.1, 0.15) is 24.2 Å². The van der Waals surface area contributed by atoms with E-state index in [0.29, 0.717) is 16.9 Å². The van der Waals surface area contributed by atoms with Gasteiger partial charge < -0.3 is 15.6 Å². The van der Waals surface area contributed by atoms with E-state index in [2.05, 4.69) is 9.97 Å². The lowest BCUT2D eigenvalue weighted by Gasteiger charge is -2.25. The summed E-state index contributed by atoms with van der Waals surface area (Å²) in [6, 6.07) is 3.35. The summed E-state index contributed by atoms with van der Waals surface area (Å²) >= 11 is 1.74. The second kappa shape index (κ2) is 6.53. The number of hydrogen-bond donors (Lipinski definition) is 2. The number of thioether (sulfide) groups is 1. The van der Waals surface area contributed by atoms with Crippen LogP contribution in [0.25, 0.3) is 11.0 Å². The lowest BCUT2D eigenvalue weighted by molar-refractivity contribution is -0.137. The van der Waals surface area contributed by atoms with Crippen molar-refractivity contribution < 1.29 is 18.0 Å². The number of fused-ring (bicyclic) bond motifs is 1. The zero-order valence-electron chi connectivity index (χ0n) is 13.7. The van der Waals surface area contributed by atoms with Crippen LogP contribution in [0.3, 0.4) is 0 Å². The van der Waals surface area contributed by atoms with E-state index in [1.807, 2.05) is 0 Å². The van der Waals surface area contributed by atoms with Crippen LogP contribution in [0, 0.1) is 0 Å². The van der Waals surface area contributed by atoms with Gasteiger partial charge in [0.1, 0.15) is 5.82 Å². The van der Waals surface area contributed by atoms with Crippen LogP contribution < -0.4 is 5.73 Å². The first-order chi connectivity index (χ1) is 11.7. The molecular formula is C16H19F3N4OS. The molecule has 1 fully saturated rings. The molecule has 0 saturated carbocycles. The first-order valence-electron chi connectivity index (χ1n) is 7.83. The summed E-state index contributed by atoms with van der Waals surface area (Å²) in [6.45, 7) is 0.193. The highest BCUT2D eigenvalue weighted by molar-refractivity contribution is 7.99. The second-order valence-corrected chi connectivity index (χ2v) is 7.61. The van der Waals surface area contributed by atoms with Crippen molar-refractivity contribution in [2.45, 2.75) is 31.1 Å². The Labute approximate surface area is 147 Å². The number of nitrogens with zero attached hydrogens (tertiary/aromatic N) is 2. The summed E-state index contributed by atoms with van der Waals surface area (Å²) in [5, 5.41) is 0. The molecule has 5 nitrogen and oxygen atoms in total. The van der Waals surface area contributed by atoms with Crippen LogP contribution in [-0.2, 0) is 17.5 Å². The molecular weight excluding hydrogens is 353 g/mol. The van der Waals surface area contributed by atoms with Crippen molar-refractivity contribution in [1.82, 2.24) is 14.9 Å². The molecule has 0 aliphatic carbocycles. The van der Waals surface area contributed by atoms with Gasteiger partial charge in [-0.25, -0.2) is 4.98 Å². The van der Waals surface area contributed by atoms with Gasteiger partial charge in [0.15, 0.2) is 0 Å². The van der Waals surface area contributed by atoms with E-state index in [1.54, 1.807) is 18.8 Å². The maximum absolute atomic E-state index is 12.8. The van der Waals surface area contributed by atoms with Crippen LogP contribution in [0.5, 0.6) is 0 Å². The highest BCUT2D eigenvalue weighted by Crippen LogP contribution is 2.31. The Morgan fingerprint density at radius 3 is 2.88 bits per heavy atom. The van der Waals surface area contributed by atoms with E-state index in [4.69, 9.17) is 5.73 Å². The summed E-state index contributed by atoms with van der Waals surface area (Å²) in [5.41, 5.74) is 5.75. The van der Waals surface area contributed by atoms with E-state index in [0.717, 1.165) is 30.1 Å². The number of halogens is 3. The molecule has 25 heavy (non-hydrogen) atoms. The molecule has 1 aliphatic heterocycles. The Balaban J connectivity index is 1.70. The van der Waals surface area contributed by atoms with Crippen molar-refractivity contribution in [2.75, 3.05) is 18.6 Å².